The second-order valence-electron chi connectivity index (χ2n) is 3.54. The number of hydrogen-bond acceptors (Lipinski definition) is 4. The fraction of sp³-hybridized carbons (Fsp3) is 0.545. The largest absolute Gasteiger partial charge is 0.366 e. The zero-order valence-electron chi connectivity index (χ0n) is 9.49. The van der Waals surface area contributed by atoms with Crippen molar-refractivity contribution in [3.05, 3.63) is 21.9 Å². The van der Waals surface area contributed by atoms with Crippen LogP contribution in [0.4, 0.5) is 0 Å². The first-order chi connectivity index (χ1) is 7.74. The van der Waals surface area contributed by atoms with Gasteiger partial charge in [0.25, 0.3) is 0 Å². The van der Waals surface area contributed by atoms with Gasteiger partial charge in [-0.05, 0) is 37.5 Å². The highest BCUT2D eigenvalue weighted by atomic mass is 32.2. The van der Waals surface area contributed by atoms with Crippen LogP contribution in [0.25, 0.3) is 0 Å². The molecule has 1 aromatic rings. The summed E-state index contributed by atoms with van der Waals surface area (Å²) in [5.74, 6) is 0.884. The quantitative estimate of drug-likeness (QED) is 0.702. The van der Waals surface area contributed by atoms with Crippen molar-refractivity contribution in [1.82, 2.24) is 5.32 Å². The van der Waals surface area contributed by atoms with Crippen molar-refractivity contribution in [2.45, 2.75) is 19.4 Å². The second-order valence-corrected chi connectivity index (χ2v) is 5.52. The van der Waals surface area contributed by atoms with E-state index in [1.807, 2.05) is 23.2 Å². The molecule has 1 rings (SSSR count). The predicted octanol–water partition coefficient (Wildman–Crippen LogP) is 2.08. The van der Waals surface area contributed by atoms with Crippen LogP contribution in [0.3, 0.4) is 0 Å². The molecule has 90 valence electrons. The number of hydrogen-bond donors (Lipinski definition) is 2. The summed E-state index contributed by atoms with van der Waals surface area (Å²) in [5.41, 5.74) is 5.80. The topological polar surface area (TPSA) is 55.1 Å². The zero-order chi connectivity index (χ0) is 11.8. The van der Waals surface area contributed by atoms with Crippen LogP contribution in [0.15, 0.2) is 11.4 Å². The Morgan fingerprint density at radius 3 is 3.00 bits per heavy atom. The van der Waals surface area contributed by atoms with E-state index in [-0.39, 0.29) is 5.91 Å². The number of carbonyl (C=O) groups is 1. The number of carbonyl (C=O) groups excluding carboxylic acids is 1. The summed E-state index contributed by atoms with van der Waals surface area (Å²) >= 11 is 3.46. The van der Waals surface area contributed by atoms with Crippen LogP contribution in [0.2, 0.25) is 0 Å². The van der Waals surface area contributed by atoms with Crippen LogP contribution in [0.1, 0.15) is 28.1 Å². The highest BCUT2D eigenvalue weighted by Gasteiger charge is 2.03. The zero-order valence-corrected chi connectivity index (χ0v) is 11.1. The Morgan fingerprint density at radius 1 is 1.56 bits per heavy atom. The van der Waals surface area contributed by atoms with Gasteiger partial charge in [0.1, 0.15) is 0 Å². The second kappa shape index (κ2) is 7.70. The SMILES string of the molecule is CSCCCCNCc1cc(C(N)=O)cs1. The molecule has 5 heteroatoms. The molecule has 0 aliphatic carbocycles. The predicted molar refractivity (Wildman–Crippen MR) is 72.2 cm³/mol. The normalized spacial score (nSPS) is 10.6. The third-order valence-corrected chi connectivity index (χ3v) is 3.82. The first-order valence-electron chi connectivity index (χ1n) is 5.31. The molecule has 3 N–H and O–H groups in total. The minimum atomic E-state index is -0.345. The molecule has 16 heavy (non-hydrogen) atoms. The maximum absolute atomic E-state index is 10.9. The monoisotopic (exact) mass is 258 g/mol. The van der Waals surface area contributed by atoms with Crippen molar-refractivity contribution in [2.75, 3.05) is 18.6 Å². The molecule has 0 saturated carbocycles. The minimum absolute atomic E-state index is 0.345. The Bertz CT molecular complexity index is 326. The van der Waals surface area contributed by atoms with Crippen LogP contribution in [0, 0.1) is 0 Å². The van der Waals surface area contributed by atoms with Gasteiger partial charge >= 0.3 is 0 Å². The van der Waals surface area contributed by atoms with Gasteiger partial charge in [-0.1, -0.05) is 0 Å². The molecule has 0 atom stereocenters. The van der Waals surface area contributed by atoms with Crippen molar-refractivity contribution in [1.29, 1.82) is 0 Å². The maximum Gasteiger partial charge on any atom is 0.249 e. The number of rotatable bonds is 8. The summed E-state index contributed by atoms with van der Waals surface area (Å²) in [6.45, 7) is 1.86. The van der Waals surface area contributed by atoms with Crippen LogP contribution in [0.5, 0.6) is 0 Å². The lowest BCUT2D eigenvalue weighted by Crippen LogP contribution is -2.14. The Hall–Kier alpha value is -0.520. The third-order valence-electron chi connectivity index (χ3n) is 2.19. The summed E-state index contributed by atoms with van der Waals surface area (Å²) in [6.07, 6.45) is 4.59. The van der Waals surface area contributed by atoms with E-state index < -0.39 is 0 Å². The Morgan fingerprint density at radius 2 is 2.38 bits per heavy atom. The lowest BCUT2D eigenvalue weighted by Gasteiger charge is -2.01. The van der Waals surface area contributed by atoms with E-state index >= 15 is 0 Å². The summed E-state index contributed by atoms with van der Waals surface area (Å²) in [4.78, 5) is 12.0. The van der Waals surface area contributed by atoms with E-state index in [1.54, 1.807) is 11.3 Å². The van der Waals surface area contributed by atoms with Gasteiger partial charge in [0.05, 0.1) is 5.56 Å². The van der Waals surface area contributed by atoms with Crippen LogP contribution in [-0.4, -0.2) is 24.5 Å². The first kappa shape index (κ1) is 13.5. The number of thiophene rings is 1. The van der Waals surface area contributed by atoms with Gasteiger partial charge in [0.15, 0.2) is 0 Å². The summed E-state index contributed by atoms with van der Waals surface area (Å²) in [5, 5.41) is 5.17. The molecule has 0 aliphatic heterocycles. The average Bonchev–Trinajstić information content (AvgIpc) is 2.72. The van der Waals surface area contributed by atoms with Crippen LogP contribution in [-0.2, 0) is 6.54 Å². The Balaban J connectivity index is 2.14. The third kappa shape index (κ3) is 5.01. The summed E-state index contributed by atoms with van der Waals surface area (Å²) < 4.78 is 0. The summed E-state index contributed by atoms with van der Waals surface area (Å²) in [7, 11) is 0. The number of nitrogens with one attached hydrogen (secondary N) is 1. The van der Waals surface area contributed by atoms with Gasteiger partial charge in [-0.2, -0.15) is 11.8 Å². The van der Waals surface area contributed by atoms with Gasteiger partial charge in [-0.3, -0.25) is 4.79 Å². The van der Waals surface area contributed by atoms with Gasteiger partial charge < -0.3 is 11.1 Å². The van der Waals surface area contributed by atoms with E-state index in [4.69, 9.17) is 5.73 Å². The van der Waals surface area contributed by atoms with Gasteiger partial charge in [0, 0.05) is 16.8 Å². The molecular weight excluding hydrogens is 240 g/mol. The maximum atomic E-state index is 10.9. The van der Waals surface area contributed by atoms with Crippen LogP contribution < -0.4 is 11.1 Å². The lowest BCUT2D eigenvalue weighted by atomic mass is 10.3. The van der Waals surface area contributed by atoms with Crippen molar-refractivity contribution in [3.8, 4) is 0 Å². The molecule has 0 fully saturated rings. The number of primary amides is 1. The van der Waals surface area contributed by atoms with E-state index in [2.05, 4.69) is 11.6 Å². The van der Waals surface area contributed by atoms with E-state index in [0.29, 0.717) is 5.56 Å². The highest BCUT2D eigenvalue weighted by molar-refractivity contribution is 7.98. The number of nitrogens with two attached hydrogens (primary N) is 1. The highest BCUT2D eigenvalue weighted by Crippen LogP contribution is 2.13. The molecule has 0 aliphatic rings. The number of amides is 1. The van der Waals surface area contributed by atoms with Gasteiger partial charge in [0.2, 0.25) is 5.91 Å². The molecule has 0 aromatic carbocycles. The Kier molecular flexibility index (Phi) is 6.52. The van der Waals surface area contributed by atoms with Crippen molar-refractivity contribution < 1.29 is 4.79 Å². The molecule has 0 bridgehead atoms. The van der Waals surface area contributed by atoms with Gasteiger partial charge in [-0.15, -0.1) is 11.3 Å². The molecule has 0 radical (unpaired) electrons. The van der Waals surface area contributed by atoms with E-state index in [1.165, 1.54) is 23.5 Å². The first-order valence-corrected chi connectivity index (χ1v) is 7.58. The smallest absolute Gasteiger partial charge is 0.249 e. The molecule has 3 nitrogen and oxygen atoms in total. The Labute approximate surface area is 105 Å². The molecule has 0 saturated heterocycles. The van der Waals surface area contributed by atoms with Crippen molar-refractivity contribution in [3.63, 3.8) is 0 Å². The molecule has 1 heterocycles. The molecule has 0 unspecified atom stereocenters. The minimum Gasteiger partial charge on any atom is -0.366 e. The van der Waals surface area contributed by atoms with Crippen molar-refractivity contribution in [2.24, 2.45) is 5.73 Å². The fourth-order valence-electron chi connectivity index (χ4n) is 1.31. The van der Waals surface area contributed by atoms with Gasteiger partial charge in [-0.25, -0.2) is 0 Å². The van der Waals surface area contributed by atoms with Crippen molar-refractivity contribution >= 4 is 29.0 Å². The number of thioether (sulfide) groups is 1. The van der Waals surface area contributed by atoms with Crippen LogP contribution >= 0.6 is 23.1 Å². The molecular formula is C11H18N2OS2. The van der Waals surface area contributed by atoms with E-state index in [0.717, 1.165) is 13.1 Å². The molecule has 0 spiro atoms. The summed E-state index contributed by atoms with van der Waals surface area (Å²) in [6, 6.07) is 1.86. The standard InChI is InChI=1S/C11H18N2OS2/c1-15-5-3-2-4-13-7-10-6-9(8-16-10)11(12)14/h6,8,13H,2-5,7H2,1H3,(H2,12,14). The molecule has 1 amide bonds. The lowest BCUT2D eigenvalue weighted by molar-refractivity contribution is 0.100. The average molecular weight is 258 g/mol. The number of unbranched alkanes of at least 4 members (excludes halogenated alkanes) is 1. The van der Waals surface area contributed by atoms with E-state index in [9.17, 15) is 4.79 Å². The molecule has 1 aromatic heterocycles. The fourth-order valence-corrected chi connectivity index (χ4v) is 2.65.